The first-order valence-electron chi connectivity index (χ1n) is 7.78. The van der Waals surface area contributed by atoms with E-state index in [4.69, 9.17) is 14.6 Å². The Bertz CT molecular complexity index is 667. The highest BCUT2D eigenvalue weighted by molar-refractivity contribution is 9.10. The van der Waals surface area contributed by atoms with Crippen LogP contribution in [-0.4, -0.2) is 24.9 Å². The van der Waals surface area contributed by atoms with Gasteiger partial charge in [0.25, 0.3) is 0 Å². The molecule has 130 valence electrons. The van der Waals surface area contributed by atoms with E-state index in [1.807, 2.05) is 19.1 Å². The van der Waals surface area contributed by atoms with Gasteiger partial charge in [-0.05, 0) is 30.7 Å². The Hall–Kier alpha value is -1.63. The van der Waals surface area contributed by atoms with Crippen molar-refractivity contribution in [2.24, 2.45) is 0 Å². The van der Waals surface area contributed by atoms with Crippen molar-refractivity contribution >= 4 is 15.9 Å². The van der Waals surface area contributed by atoms with E-state index >= 15 is 0 Å². The van der Waals surface area contributed by atoms with Gasteiger partial charge in [-0.25, -0.2) is 4.39 Å². The maximum absolute atomic E-state index is 13.7. The van der Waals surface area contributed by atoms with E-state index in [-0.39, 0.29) is 19.0 Å². The fourth-order valence-electron chi connectivity index (χ4n) is 2.17. The number of hydrogen-bond donors (Lipinski definition) is 2. The molecule has 0 aliphatic heterocycles. The van der Waals surface area contributed by atoms with Crippen molar-refractivity contribution in [3.05, 3.63) is 57.8 Å². The molecule has 0 fully saturated rings. The summed E-state index contributed by atoms with van der Waals surface area (Å²) in [7, 11) is 0. The first kappa shape index (κ1) is 18.7. The van der Waals surface area contributed by atoms with Crippen LogP contribution in [0.3, 0.4) is 0 Å². The van der Waals surface area contributed by atoms with E-state index in [1.54, 1.807) is 18.2 Å². The highest BCUT2D eigenvalue weighted by Gasteiger charge is 2.12. The summed E-state index contributed by atoms with van der Waals surface area (Å²) in [6, 6.07) is 10.2. The van der Waals surface area contributed by atoms with Gasteiger partial charge in [0.2, 0.25) is 0 Å². The number of aliphatic hydroxyl groups excluding tert-OH is 1. The van der Waals surface area contributed by atoms with Gasteiger partial charge in [-0.2, -0.15) is 0 Å². The molecule has 24 heavy (non-hydrogen) atoms. The van der Waals surface area contributed by atoms with Crippen LogP contribution in [0.5, 0.6) is 11.5 Å². The molecule has 2 aromatic rings. The molecule has 0 unspecified atom stereocenters. The zero-order chi connectivity index (χ0) is 17.4. The second-order valence-corrected chi connectivity index (χ2v) is 5.96. The molecule has 0 saturated heterocycles. The molecule has 2 aromatic carbocycles. The Morgan fingerprint density at radius 1 is 1.12 bits per heavy atom. The zero-order valence-electron chi connectivity index (χ0n) is 13.5. The number of rotatable bonds is 9. The lowest BCUT2D eigenvalue weighted by atomic mass is 10.2. The van der Waals surface area contributed by atoms with Gasteiger partial charge < -0.3 is 19.9 Å². The number of aliphatic hydroxyl groups is 1. The Labute approximate surface area is 149 Å². The van der Waals surface area contributed by atoms with Gasteiger partial charge in [-0.3, -0.25) is 0 Å². The van der Waals surface area contributed by atoms with E-state index in [0.29, 0.717) is 36.8 Å². The molecule has 0 aliphatic carbocycles. The van der Waals surface area contributed by atoms with Crippen LogP contribution in [0.4, 0.5) is 4.39 Å². The van der Waals surface area contributed by atoms with Gasteiger partial charge in [0, 0.05) is 23.1 Å². The lowest BCUT2D eigenvalue weighted by Gasteiger charge is -2.15. The summed E-state index contributed by atoms with van der Waals surface area (Å²) in [5.41, 5.74) is 1.48. The molecule has 0 aromatic heterocycles. The van der Waals surface area contributed by atoms with Crippen LogP contribution in [-0.2, 0) is 13.2 Å². The maximum Gasteiger partial charge on any atom is 0.162 e. The molecule has 0 heterocycles. The van der Waals surface area contributed by atoms with Crippen molar-refractivity contribution in [3.8, 4) is 11.5 Å². The molecule has 0 bridgehead atoms. The number of halogens is 2. The van der Waals surface area contributed by atoms with Crippen LogP contribution in [0.1, 0.15) is 18.1 Å². The second-order valence-electron chi connectivity index (χ2n) is 5.10. The fourth-order valence-corrected chi connectivity index (χ4v) is 2.63. The summed E-state index contributed by atoms with van der Waals surface area (Å²) in [6.45, 7) is 3.71. The van der Waals surface area contributed by atoms with Gasteiger partial charge in [0.1, 0.15) is 12.4 Å². The predicted molar refractivity (Wildman–Crippen MR) is 94.8 cm³/mol. The van der Waals surface area contributed by atoms with Crippen molar-refractivity contribution in [3.63, 3.8) is 0 Å². The number of benzene rings is 2. The summed E-state index contributed by atoms with van der Waals surface area (Å²) in [4.78, 5) is 0. The molecule has 0 radical (unpaired) electrons. The predicted octanol–water partition coefficient (Wildman–Crippen LogP) is 3.65. The van der Waals surface area contributed by atoms with Gasteiger partial charge in [-0.1, -0.05) is 34.1 Å². The first-order chi connectivity index (χ1) is 11.7. The molecule has 0 amide bonds. The minimum Gasteiger partial charge on any atom is -0.490 e. The Morgan fingerprint density at radius 3 is 2.58 bits per heavy atom. The van der Waals surface area contributed by atoms with Crippen LogP contribution < -0.4 is 14.8 Å². The summed E-state index contributed by atoms with van der Waals surface area (Å²) in [6.07, 6.45) is 0. The second kappa shape index (κ2) is 9.61. The average molecular weight is 398 g/mol. The van der Waals surface area contributed by atoms with Crippen molar-refractivity contribution in [2.75, 3.05) is 19.8 Å². The van der Waals surface area contributed by atoms with Crippen LogP contribution in [0, 0.1) is 5.82 Å². The molecular weight excluding hydrogens is 377 g/mol. The fraction of sp³-hybridized carbons (Fsp3) is 0.333. The van der Waals surface area contributed by atoms with Crippen LogP contribution in [0.15, 0.2) is 40.9 Å². The summed E-state index contributed by atoms with van der Waals surface area (Å²) < 4.78 is 26.0. The Kier molecular flexibility index (Phi) is 7.49. The van der Waals surface area contributed by atoms with Gasteiger partial charge >= 0.3 is 0 Å². The quantitative estimate of drug-likeness (QED) is 0.634. The molecule has 2 rings (SSSR count). The van der Waals surface area contributed by atoms with Gasteiger partial charge in [-0.15, -0.1) is 0 Å². The lowest BCUT2D eigenvalue weighted by molar-refractivity contribution is 0.265. The number of ether oxygens (including phenoxy) is 2. The van der Waals surface area contributed by atoms with E-state index in [9.17, 15) is 4.39 Å². The monoisotopic (exact) mass is 397 g/mol. The highest BCUT2D eigenvalue weighted by Crippen LogP contribution is 2.34. The minimum atomic E-state index is -0.292. The molecule has 0 atom stereocenters. The summed E-state index contributed by atoms with van der Waals surface area (Å²) in [5, 5.41) is 12.0. The first-order valence-corrected chi connectivity index (χ1v) is 8.58. The number of hydrogen-bond acceptors (Lipinski definition) is 4. The molecule has 2 N–H and O–H groups in total. The Balaban J connectivity index is 2.15. The lowest BCUT2D eigenvalue weighted by Crippen LogP contribution is -2.17. The standard InChI is InChI=1S/C18H21BrFNO3/c1-2-23-17-9-14(11-21-7-8-22)15(19)10-18(17)24-12-13-5-3-4-6-16(13)20/h3-6,9-10,21-22H,2,7-8,11-12H2,1H3. The molecule has 0 spiro atoms. The van der Waals surface area contributed by atoms with Crippen molar-refractivity contribution in [1.29, 1.82) is 0 Å². The smallest absolute Gasteiger partial charge is 0.162 e. The summed E-state index contributed by atoms with van der Waals surface area (Å²) in [5.74, 6) is 0.870. The van der Waals surface area contributed by atoms with E-state index in [2.05, 4.69) is 21.2 Å². The van der Waals surface area contributed by atoms with E-state index in [1.165, 1.54) is 6.07 Å². The third-order valence-corrected chi connectivity index (χ3v) is 4.10. The topological polar surface area (TPSA) is 50.7 Å². The van der Waals surface area contributed by atoms with Crippen LogP contribution in [0.2, 0.25) is 0 Å². The Morgan fingerprint density at radius 2 is 1.88 bits per heavy atom. The van der Waals surface area contributed by atoms with Crippen LogP contribution >= 0.6 is 15.9 Å². The highest BCUT2D eigenvalue weighted by atomic mass is 79.9. The third-order valence-electron chi connectivity index (χ3n) is 3.36. The van der Waals surface area contributed by atoms with Gasteiger partial charge in [0.15, 0.2) is 11.5 Å². The molecule has 0 saturated carbocycles. The minimum absolute atomic E-state index is 0.0831. The van der Waals surface area contributed by atoms with Crippen molar-refractivity contribution in [2.45, 2.75) is 20.1 Å². The summed E-state index contributed by atoms with van der Waals surface area (Å²) >= 11 is 3.51. The zero-order valence-corrected chi connectivity index (χ0v) is 15.1. The molecule has 6 heteroatoms. The molecule has 4 nitrogen and oxygen atoms in total. The maximum atomic E-state index is 13.7. The molecule has 0 aliphatic rings. The average Bonchev–Trinajstić information content (AvgIpc) is 2.57. The number of nitrogens with one attached hydrogen (secondary N) is 1. The largest absolute Gasteiger partial charge is 0.490 e. The van der Waals surface area contributed by atoms with Crippen molar-refractivity contribution < 1.29 is 19.0 Å². The third kappa shape index (κ3) is 5.19. The van der Waals surface area contributed by atoms with Crippen molar-refractivity contribution in [1.82, 2.24) is 5.32 Å². The van der Waals surface area contributed by atoms with Crippen LogP contribution in [0.25, 0.3) is 0 Å². The normalized spacial score (nSPS) is 10.7. The van der Waals surface area contributed by atoms with Gasteiger partial charge in [0.05, 0.1) is 13.2 Å². The van der Waals surface area contributed by atoms with E-state index < -0.39 is 0 Å². The SMILES string of the molecule is CCOc1cc(CNCCO)c(Br)cc1OCc1ccccc1F. The van der Waals surface area contributed by atoms with E-state index in [0.717, 1.165) is 10.0 Å². The molecular formula is C18H21BrFNO3.